The van der Waals surface area contributed by atoms with Crippen LogP contribution in [0.25, 0.3) is 6.08 Å². The molecule has 0 amide bonds. The van der Waals surface area contributed by atoms with Gasteiger partial charge >= 0.3 is 0 Å². The Morgan fingerprint density at radius 2 is 2.00 bits per heavy atom. The SMILES string of the molecule is CC(=O)C1=Cc2cc(Cl)ccc2S1(=O)=O. The fourth-order valence-corrected chi connectivity index (χ4v) is 3.26. The number of fused-ring (bicyclic) bond motifs is 1. The van der Waals surface area contributed by atoms with Crippen molar-refractivity contribution in [2.45, 2.75) is 11.8 Å². The number of carbonyl (C=O) groups excluding carboxylic acids is 1. The summed E-state index contributed by atoms with van der Waals surface area (Å²) in [5, 5.41) is 0.449. The number of hydrogen-bond acceptors (Lipinski definition) is 3. The van der Waals surface area contributed by atoms with Crippen molar-refractivity contribution >= 4 is 33.3 Å². The summed E-state index contributed by atoms with van der Waals surface area (Å²) in [6.07, 6.45) is 1.36. The first-order valence-electron chi connectivity index (χ1n) is 4.20. The molecule has 1 aliphatic heterocycles. The number of ketones is 1. The number of sulfone groups is 1. The Morgan fingerprint density at radius 3 is 2.60 bits per heavy atom. The lowest BCUT2D eigenvalue weighted by atomic mass is 10.2. The van der Waals surface area contributed by atoms with E-state index in [1.165, 1.54) is 31.2 Å². The Balaban J connectivity index is 2.74. The van der Waals surface area contributed by atoms with E-state index in [1.54, 1.807) is 0 Å². The fourth-order valence-electron chi connectivity index (χ4n) is 1.50. The highest BCUT2D eigenvalue weighted by atomic mass is 35.5. The van der Waals surface area contributed by atoms with Crippen LogP contribution >= 0.6 is 11.6 Å². The van der Waals surface area contributed by atoms with Crippen LogP contribution in [0.5, 0.6) is 0 Å². The maximum atomic E-state index is 11.8. The molecule has 3 nitrogen and oxygen atoms in total. The second kappa shape index (κ2) is 3.18. The monoisotopic (exact) mass is 242 g/mol. The first-order valence-corrected chi connectivity index (χ1v) is 6.06. The molecule has 1 aliphatic rings. The summed E-state index contributed by atoms with van der Waals surface area (Å²) < 4.78 is 23.6. The summed E-state index contributed by atoms with van der Waals surface area (Å²) >= 11 is 5.73. The van der Waals surface area contributed by atoms with E-state index in [0.29, 0.717) is 10.6 Å². The number of hydrogen-bond donors (Lipinski definition) is 0. The van der Waals surface area contributed by atoms with E-state index in [0.717, 1.165) is 0 Å². The van der Waals surface area contributed by atoms with Crippen LogP contribution in [-0.4, -0.2) is 14.2 Å². The third-order valence-corrected chi connectivity index (χ3v) is 4.35. The van der Waals surface area contributed by atoms with Gasteiger partial charge in [0.15, 0.2) is 5.78 Å². The zero-order valence-corrected chi connectivity index (χ0v) is 9.39. The molecule has 0 N–H and O–H groups in total. The second-order valence-electron chi connectivity index (χ2n) is 3.25. The molecule has 78 valence electrons. The summed E-state index contributed by atoms with van der Waals surface area (Å²) in [6, 6.07) is 4.44. The molecular weight excluding hydrogens is 236 g/mol. The zero-order chi connectivity index (χ0) is 11.2. The quantitative estimate of drug-likeness (QED) is 0.757. The number of benzene rings is 1. The normalized spacial score (nSPS) is 17.1. The molecule has 0 bridgehead atoms. The van der Waals surface area contributed by atoms with Crippen LogP contribution in [0.15, 0.2) is 28.0 Å². The molecule has 1 aromatic carbocycles. The van der Waals surface area contributed by atoms with Gasteiger partial charge in [0.05, 0.1) is 4.90 Å². The van der Waals surface area contributed by atoms with Crippen LogP contribution < -0.4 is 0 Å². The first-order chi connectivity index (χ1) is 6.93. The maximum Gasteiger partial charge on any atom is 0.210 e. The molecule has 0 saturated heterocycles. The highest BCUT2D eigenvalue weighted by Gasteiger charge is 2.32. The van der Waals surface area contributed by atoms with Gasteiger partial charge in [0, 0.05) is 5.02 Å². The Hall–Kier alpha value is -1.13. The molecule has 0 saturated carbocycles. The minimum atomic E-state index is -3.61. The topological polar surface area (TPSA) is 51.2 Å². The lowest BCUT2D eigenvalue weighted by Crippen LogP contribution is -2.06. The van der Waals surface area contributed by atoms with Gasteiger partial charge in [-0.1, -0.05) is 11.6 Å². The van der Waals surface area contributed by atoms with E-state index in [2.05, 4.69) is 0 Å². The molecule has 15 heavy (non-hydrogen) atoms. The predicted molar refractivity (Wildman–Crippen MR) is 57.3 cm³/mol. The van der Waals surface area contributed by atoms with Gasteiger partial charge in [0.2, 0.25) is 9.84 Å². The van der Waals surface area contributed by atoms with Crippen LogP contribution in [0.3, 0.4) is 0 Å². The Kier molecular flexibility index (Phi) is 2.20. The molecule has 5 heteroatoms. The lowest BCUT2D eigenvalue weighted by Gasteiger charge is -1.99. The molecule has 0 radical (unpaired) electrons. The van der Waals surface area contributed by atoms with Gasteiger partial charge in [-0.3, -0.25) is 4.79 Å². The number of allylic oxidation sites excluding steroid dienone is 1. The van der Waals surface area contributed by atoms with E-state index >= 15 is 0 Å². The Labute approximate surface area is 92.3 Å². The van der Waals surface area contributed by atoms with Crippen LogP contribution in [0.2, 0.25) is 5.02 Å². The minimum Gasteiger partial charge on any atom is -0.294 e. The molecule has 2 rings (SSSR count). The molecule has 1 heterocycles. The maximum absolute atomic E-state index is 11.8. The summed E-state index contributed by atoms with van der Waals surface area (Å²) in [7, 11) is -3.61. The zero-order valence-electron chi connectivity index (χ0n) is 7.82. The first kappa shape index (κ1) is 10.4. The molecule has 0 atom stereocenters. The Bertz CT molecular complexity index is 585. The second-order valence-corrected chi connectivity index (χ2v) is 5.57. The van der Waals surface area contributed by atoms with Gasteiger partial charge in [0.25, 0.3) is 0 Å². The van der Waals surface area contributed by atoms with E-state index in [9.17, 15) is 13.2 Å². The van der Waals surface area contributed by atoms with Gasteiger partial charge in [-0.05, 0) is 36.8 Å². The average Bonchev–Trinajstić information content (AvgIpc) is 2.37. The Morgan fingerprint density at radius 1 is 1.33 bits per heavy atom. The number of carbonyl (C=O) groups is 1. The van der Waals surface area contributed by atoms with E-state index in [1.807, 2.05) is 0 Å². The molecule has 1 aromatic rings. The smallest absolute Gasteiger partial charge is 0.210 e. The van der Waals surface area contributed by atoms with Crippen molar-refractivity contribution < 1.29 is 13.2 Å². The number of Topliss-reactive ketones (excluding diaryl/α,β-unsaturated/α-hetero) is 1. The summed E-state index contributed by atoms with van der Waals surface area (Å²) in [5.74, 6) is -0.456. The van der Waals surface area contributed by atoms with Crippen molar-refractivity contribution in [1.29, 1.82) is 0 Å². The standard InChI is InChI=1S/C10H7ClO3S/c1-6(12)10-5-7-4-8(11)2-3-9(7)15(10,13)14/h2-5H,1H3. The summed E-state index contributed by atoms with van der Waals surface area (Å²) in [4.78, 5) is 11.1. The van der Waals surface area contributed by atoms with Gasteiger partial charge < -0.3 is 0 Å². The van der Waals surface area contributed by atoms with E-state index in [-0.39, 0.29) is 9.80 Å². The third-order valence-electron chi connectivity index (χ3n) is 2.18. The van der Waals surface area contributed by atoms with Crippen molar-refractivity contribution in [3.63, 3.8) is 0 Å². The average molecular weight is 243 g/mol. The van der Waals surface area contributed by atoms with Crippen molar-refractivity contribution in [3.8, 4) is 0 Å². The molecule has 0 spiro atoms. The predicted octanol–water partition coefficient (Wildman–Crippen LogP) is 2.06. The van der Waals surface area contributed by atoms with Crippen LogP contribution in [-0.2, 0) is 14.6 Å². The third kappa shape index (κ3) is 1.50. The summed E-state index contributed by atoms with van der Waals surface area (Å²) in [5.41, 5.74) is 0.479. The van der Waals surface area contributed by atoms with Crippen LogP contribution in [0.4, 0.5) is 0 Å². The molecule has 0 unspecified atom stereocenters. The number of rotatable bonds is 1. The fraction of sp³-hybridized carbons (Fsp3) is 0.100. The van der Waals surface area contributed by atoms with Gasteiger partial charge in [-0.2, -0.15) is 0 Å². The van der Waals surface area contributed by atoms with Crippen LogP contribution in [0.1, 0.15) is 12.5 Å². The highest BCUT2D eigenvalue weighted by Crippen LogP contribution is 2.34. The van der Waals surface area contributed by atoms with Crippen LogP contribution in [0, 0.1) is 0 Å². The lowest BCUT2D eigenvalue weighted by molar-refractivity contribution is -0.112. The van der Waals surface area contributed by atoms with Crippen molar-refractivity contribution in [1.82, 2.24) is 0 Å². The van der Waals surface area contributed by atoms with Gasteiger partial charge in [-0.15, -0.1) is 0 Å². The van der Waals surface area contributed by atoms with Gasteiger partial charge in [-0.25, -0.2) is 8.42 Å². The van der Waals surface area contributed by atoms with Crippen molar-refractivity contribution in [3.05, 3.63) is 33.7 Å². The number of halogens is 1. The van der Waals surface area contributed by atoms with E-state index in [4.69, 9.17) is 11.6 Å². The molecule has 0 fully saturated rings. The van der Waals surface area contributed by atoms with E-state index < -0.39 is 15.6 Å². The summed E-state index contributed by atoms with van der Waals surface area (Å²) in [6.45, 7) is 1.23. The molecule has 0 aliphatic carbocycles. The highest BCUT2D eigenvalue weighted by molar-refractivity contribution is 7.96. The van der Waals surface area contributed by atoms with Crippen molar-refractivity contribution in [2.24, 2.45) is 0 Å². The largest absolute Gasteiger partial charge is 0.294 e. The minimum absolute atomic E-state index is 0.150. The molecule has 0 aromatic heterocycles. The molecular formula is C10H7ClO3S. The van der Waals surface area contributed by atoms with Crippen molar-refractivity contribution in [2.75, 3.05) is 0 Å². The van der Waals surface area contributed by atoms with Gasteiger partial charge in [0.1, 0.15) is 4.91 Å².